The van der Waals surface area contributed by atoms with E-state index in [-0.39, 0.29) is 29.0 Å². The molecular formula is C15H18N2O4S. The first-order valence-corrected chi connectivity index (χ1v) is 8.30. The fourth-order valence-electron chi connectivity index (χ4n) is 1.87. The molecule has 0 atom stereocenters. The zero-order valence-electron chi connectivity index (χ0n) is 12.4. The molecule has 0 fully saturated rings. The third-order valence-electron chi connectivity index (χ3n) is 2.80. The molecular weight excluding hydrogens is 304 g/mol. The lowest BCUT2D eigenvalue weighted by Crippen LogP contribution is -2.30. The summed E-state index contributed by atoms with van der Waals surface area (Å²) in [7, 11) is -3.62. The Bertz CT molecular complexity index is 737. The number of rotatable bonds is 6. The van der Waals surface area contributed by atoms with E-state index in [4.69, 9.17) is 4.42 Å². The van der Waals surface area contributed by atoms with Crippen molar-refractivity contribution in [1.29, 1.82) is 0 Å². The van der Waals surface area contributed by atoms with Gasteiger partial charge in [0.25, 0.3) is 5.91 Å². The second kappa shape index (κ2) is 6.76. The minimum atomic E-state index is -3.62. The summed E-state index contributed by atoms with van der Waals surface area (Å²) in [6, 6.07) is 9.15. The normalized spacial score (nSPS) is 11.6. The van der Waals surface area contributed by atoms with Crippen molar-refractivity contribution in [2.75, 3.05) is 0 Å². The molecule has 0 saturated carbocycles. The van der Waals surface area contributed by atoms with Crippen LogP contribution in [0.25, 0.3) is 0 Å². The molecule has 6 nitrogen and oxygen atoms in total. The van der Waals surface area contributed by atoms with Crippen molar-refractivity contribution in [2.45, 2.75) is 31.3 Å². The maximum Gasteiger partial charge on any atom is 0.251 e. The van der Waals surface area contributed by atoms with Crippen LogP contribution in [0.1, 0.15) is 30.0 Å². The van der Waals surface area contributed by atoms with Crippen LogP contribution in [0, 0.1) is 0 Å². The second-order valence-corrected chi connectivity index (χ2v) is 6.78. The van der Waals surface area contributed by atoms with Gasteiger partial charge < -0.3 is 9.73 Å². The van der Waals surface area contributed by atoms with Crippen LogP contribution in [0.2, 0.25) is 0 Å². The second-order valence-electron chi connectivity index (χ2n) is 5.07. The monoisotopic (exact) mass is 322 g/mol. The molecule has 0 spiro atoms. The van der Waals surface area contributed by atoms with E-state index >= 15 is 0 Å². The third-order valence-corrected chi connectivity index (χ3v) is 4.46. The number of benzene rings is 1. The van der Waals surface area contributed by atoms with Crippen molar-refractivity contribution < 1.29 is 17.6 Å². The Hall–Kier alpha value is -2.12. The van der Waals surface area contributed by atoms with Crippen molar-refractivity contribution in [3.63, 3.8) is 0 Å². The van der Waals surface area contributed by atoms with Crippen molar-refractivity contribution >= 4 is 15.9 Å². The van der Waals surface area contributed by atoms with E-state index in [0.717, 1.165) is 0 Å². The largest absolute Gasteiger partial charge is 0.467 e. The summed E-state index contributed by atoms with van der Waals surface area (Å²) in [5.41, 5.74) is 0.276. The fraction of sp³-hybridized carbons (Fsp3) is 0.267. The van der Waals surface area contributed by atoms with Gasteiger partial charge >= 0.3 is 0 Å². The third kappa shape index (κ3) is 4.19. The molecule has 0 aliphatic heterocycles. The van der Waals surface area contributed by atoms with Crippen LogP contribution in [0.3, 0.4) is 0 Å². The van der Waals surface area contributed by atoms with E-state index in [1.807, 2.05) is 0 Å². The minimum Gasteiger partial charge on any atom is -0.467 e. The summed E-state index contributed by atoms with van der Waals surface area (Å²) in [5, 5.41) is 2.67. The van der Waals surface area contributed by atoms with Crippen molar-refractivity contribution in [1.82, 2.24) is 10.0 Å². The van der Waals surface area contributed by atoms with E-state index in [9.17, 15) is 13.2 Å². The van der Waals surface area contributed by atoms with Crippen LogP contribution in [-0.2, 0) is 16.6 Å². The lowest BCUT2D eigenvalue weighted by molar-refractivity contribution is 0.0948. The quantitative estimate of drug-likeness (QED) is 0.850. The SMILES string of the molecule is CC(C)NS(=O)(=O)c1cccc(C(=O)NCc2ccco2)c1. The van der Waals surface area contributed by atoms with Gasteiger partial charge in [-0.2, -0.15) is 0 Å². The molecule has 2 N–H and O–H groups in total. The Morgan fingerprint density at radius 3 is 2.64 bits per heavy atom. The zero-order valence-corrected chi connectivity index (χ0v) is 13.2. The minimum absolute atomic E-state index is 0.0619. The average molecular weight is 322 g/mol. The van der Waals surface area contributed by atoms with Gasteiger partial charge in [-0.15, -0.1) is 0 Å². The summed E-state index contributed by atoms with van der Waals surface area (Å²) in [6.45, 7) is 3.71. The first-order chi connectivity index (χ1) is 10.4. The highest BCUT2D eigenvalue weighted by molar-refractivity contribution is 7.89. The predicted octanol–water partition coefficient (Wildman–Crippen LogP) is 1.90. The lowest BCUT2D eigenvalue weighted by Gasteiger charge is -2.10. The Kier molecular flexibility index (Phi) is 4.99. The van der Waals surface area contributed by atoms with Gasteiger partial charge in [0.2, 0.25) is 10.0 Å². The van der Waals surface area contributed by atoms with Crippen LogP contribution < -0.4 is 10.0 Å². The van der Waals surface area contributed by atoms with Crippen LogP contribution in [0.5, 0.6) is 0 Å². The smallest absolute Gasteiger partial charge is 0.251 e. The first-order valence-electron chi connectivity index (χ1n) is 6.81. The van der Waals surface area contributed by atoms with Crippen LogP contribution in [0.4, 0.5) is 0 Å². The highest BCUT2D eigenvalue weighted by Gasteiger charge is 2.17. The van der Waals surface area contributed by atoms with E-state index in [1.165, 1.54) is 24.5 Å². The van der Waals surface area contributed by atoms with Gasteiger partial charge in [-0.25, -0.2) is 13.1 Å². The van der Waals surface area contributed by atoms with Gasteiger partial charge in [0.15, 0.2) is 0 Å². The van der Waals surface area contributed by atoms with Crippen LogP contribution >= 0.6 is 0 Å². The van der Waals surface area contributed by atoms with Crippen molar-refractivity contribution in [2.24, 2.45) is 0 Å². The molecule has 2 rings (SSSR count). The Morgan fingerprint density at radius 1 is 1.23 bits per heavy atom. The number of hydrogen-bond donors (Lipinski definition) is 2. The van der Waals surface area contributed by atoms with E-state index in [2.05, 4.69) is 10.0 Å². The Balaban J connectivity index is 2.12. The number of carbonyl (C=O) groups excluding carboxylic acids is 1. The molecule has 1 amide bonds. The van der Waals surface area contributed by atoms with Gasteiger partial charge in [0, 0.05) is 11.6 Å². The molecule has 0 radical (unpaired) electrons. The van der Waals surface area contributed by atoms with Crippen LogP contribution in [-0.4, -0.2) is 20.4 Å². The van der Waals surface area contributed by atoms with E-state index in [0.29, 0.717) is 5.76 Å². The van der Waals surface area contributed by atoms with Gasteiger partial charge in [0.05, 0.1) is 17.7 Å². The molecule has 0 bridgehead atoms. The van der Waals surface area contributed by atoms with E-state index in [1.54, 1.807) is 32.0 Å². The number of furan rings is 1. The van der Waals surface area contributed by atoms with Crippen LogP contribution in [0.15, 0.2) is 52.0 Å². The summed E-state index contributed by atoms with van der Waals surface area (Å²) in [5.74, 6) is 0.261. The highest BCUT2D eigenvalue weighted by Crippen LogP contribution is 2.12. The van der Waals surface area contributed by atoms with Gasteiger partial charge in [0.1, 0.15) is 5.76 Å². The number of sulfonamides is 1. The van der Waals surface area contributed by atoms with E-state index < -0.39 is 10.0 Å². The molecule has 0 aliphatic rings. The number of hydrogen-bond acceptors (Lipinski definition) is 4. The number of carbonyl (C=O) groups is 1. The summed E-state index contributed by atoms with van der Waals surface area (Å²) in [4.78, 5) is 12.1. The molecule has 1 heterocycles. The zero-order chi connectivity index (χ0) is 16.2. The Morgan fingerprint density at radius 2 is 2.00 bits per heavy atom. The average Bonchev–Trinajstić information content (AvgIpc) is 2.97. The molecule has 1 aromatic heterocycles. The van der Waals surface area contributed by atoms with Gasteiger partial charge in [-0.05, 0) is 44.2 Å². The lowest BCUT2D eigenvalue weighted by atomic mass is 10.2. The molecule has 1 aromatic carbocycles. The summed E-state index contributed by atoms with van der Waals surface area (Å²) >= 11 is 0. The summed E-state index contributed by atoms with van der Waals surface area (Å²) in [6.07, 6.45) is 1.52. The van der Waals surface area contributed by atoms with Crippen molar-refractivity contribution in [3.8, 4) is 0 Å². The molecule has 0 unspecified atom stereocenters. The topological polar surface area (TPSA) is 88.4 Å². The number of nitrogens with one attached hydrogen (secondary N) is 2. The standard InChI is InChI=1S/C15H18N2O4S/c1-11(2)17-22(19,20)14-7-3-5-12(9-14)15(18)16-10-13-6-4-8-21-13/h3-9,11,17H,10H2,1-2H3,(H,16,18). The molecule has 0 aliphatic carbocycles. The maximum atomic E-state index is 12.1. The number of amides is 1. The molecule has 22 heavy (non-hydrogen) atoms. The molecule has 2 aromatic rings. The molecule has 118 valence electrons. The van der Waals surface area contributed by atoms with Crippen molar-refractivity contribution in [3.05, 3.63) is 54.0 Å². The predicted molar refractivity (Wildman–Crippen MR) is 81.8 cm³/mol. The highest BCUT2D eigenvalue weighted by atomic mass is 32.2. The summed E-state index contributed by atoms with van der Waals surface area (Å²) < 4.78 is 31.8. The fourth-order valence-corrected chi connectivity index (χ4v) is 3.16. The molecule has 0 saturated heterocycles. The van der Waals surface area contributed by atoms with Gasteiger partial charge in [-0.3, -0.25) is 4.79 Å². The first kappa shape index (κ1) is 16.3. The maximum absolute atomic E-state index is 12.1. The Labute approximate surface area is 129 Å². The van der Waals surface area contributed by atoms with Gasteiger partial charge in [-0.1, -0.05) is 6.07 Å². The molecule has 7 heteroatoms.